The lowest BCUT2D eigenvalue weighted by atomic mass is 9.89. The van der Waals surface area contributed by atoms with E-state index in [0.717, 1.165) is 6.07 Å². The second-order valence-electron chi connectivity index (χ2n) is 8.97. The number of piperidine rings is 1. The summed E-state index contributed by atoms with van der Waals surface area (Å²) in [4.78, 5) is 35.1. The van der Waals surface area contributed by atoms with Gasteiger partial charge < -0.3 is 10.2 Å². The molecule has 1 aliphatic heterocycles. The number of aromatic nitrogens is 3. The van der Waals surface area contributed by atoms with Crippen molar-refractivity contribution >= 4 is 22.8 Å². The number of aryl methyl sites for hydroxylation is 1. The van der Waals surface area contributed by atoms with Crippen molar-refractivity contribution in [1.29, 1.82) is 0 Å². The maximum Gasteiger partial charge on any atom is 0.416 e. The Hall–Kier alpha value is -3.87. The molecule has 0 spiro atoms. The molecule has 3 heterocycles. The fourth-order valence-electron chi connectivity index (χ4n) is 4.83. The first-order valence-electron chi connectivity index (χ1n) is 11.5. The number of anilines is 1. The second kappa shape index (κ2) is 9.64. The first-order chi connectivity index (χ1) is 17.0. The number of alkyl halides is 3. The summed E-state index contributed by atoms with van der Waals surface area (Å²) in [5.74, 6) is 2.80. The number of nitrogens with one attached hydrogen (secondary N) is 1. The summed E-state index contributed by atoms with van der Waals surface area (Å²) in [5.41, 5.74) is 0.356. The SMILES string of the molecule is C#CC(Nc1ncnc2c1cc(C1CCN(C(C)=O)CC1)c(=O)n2C)c1cccc(C(F)(F)F)c1C. The predicted octanol–water partition coefficient (Wildman–Crippen LogP) is 4.17. The van der Waals surface area contributed by atoms with E-state index in [-0.39, 0.29) is 22.9 Å². The number of hydrogen-bond donors (Lipinski definition) is 1. The minimum absolute atomic E-state index is 0.00459. The third kappa shape index (κ3) is 4.65. The quantitative estimate of drug-likeness (QED) is 0.548. The molecule has 1 atom stereocenters. The molecule has 1 fully saturated rings. The molecule has 0 radical (unpaired) electrons. The van der Waals surface area contributed by atoms with Crippen LogP contribution < -0.4 is 10.9 Å². The molecular formula is C26H26F3N5O2. The van der Waals surface area contributed by atoms with E-state index >= 15 is 0 Å². The van der Waals surface area contributed by atoms with Crippen molar-refractivity contribution in [3.63, 3.8) is 0 Å². The van der Waals surface area contributed by atoms with E-state index < -0.39 is 17.8 Å². The smallest absolute Gasteiger partial charge is 0.352 e. The summed E-state index contributed by atoms with van der Waals surface area (Å²) in [5, 5.41) is 3.62. The number of carbonyl (C=O) groups is 1. The van der Waals surface area contributed by atoms with Gasteiger partial charge in [-0.15, -0.1) is 6.42 Å². The van der Waals surface area contributed by atoms with Gasteiger partial charge in [-0.2, -0.15) is 13.2 Å². The minimum atomic E-state index is -4.51. The van der Waals surface area contributed by atoms with Gasteiger partial charge in [0.2, 0.25) is 5.91 Å². The van der Waals surface area contributed by atoms with E-state index in [9.17, 15) is 22.8 Å². The van der Waals surface area contributed by atoms with E-state index in [2.05, 4.69) is 21.2 Å². The lowest BCUT2D eigenvalue weighted by Gasteiger charge is -2.31. The summed E-state index contributed by atoms with van der Waals surface area (Å²) in [6.07, 6.45) is 3.80. The molecule has 2 aromatic heterocycles. The van der Waals surface area contributed by atoms with Crippen LogP contribution >= 0.6 is 0 Å². The maximum atomic E-state index is 13.5. The molecule has 1 aliphatic rings. The van der Waals surface area contributed by atoms with Crippen LogP contribution in [0.1, 0.15) is 54.0 Å². The molecule has 1 saturated heterocycles. The van der Waals surface area contributed by atoms with Crippen molar-refractivity contribution < 1.29 is 18.0 Å². The number of pyridine rings is 1. The van der Waals surface area contributed by atoms with Crippen LogP contribution in [0, 0.1) is 19.3 Å². The highest BCUT2D eigenvalue weighted by molar-refractivity contribution is 5.87. The summed E-state index contributed by atoms with van der Waals surface area (Å²) in [6, 6.07) is 4.73. The molecule has 1 aromatic carbocycles. The topological polar surface area (TPSA) is 80.1 Å². The molecule has 0 aliphatic carbocycles. The summed E-state index contributed by atoms with van der Waals surface area (Å²) >= 11 is 0. The Morgan fingerprint density at radius 2 is 1.94 bits per heavy atom. The Balaban J connectivity index is 1.75. The molecule has 0 saturated carbocycles. The van der Waals surface area contributed by atoms with Crippen LogP contribution in [0.3, 0.4) is 0 Å². The zero-order chi connectivity index (χ0) is 26.2. The lowest BCUT2D eigenvalue weighted by Crippen LogP contribution is -2.38. The Morgan fingerprint density at radius 3 is 2.56 bits per heavy atom. The van der Waals surface area contributed by atoms with Gasteiger partial charge in [-0.3, -0.25) is 14.2 Å². The minimum Gasteiger partial charge on any atom is -0.352 e. The average Bonchev–Trinajstić information content (AvgIpc) is 2.84. The highest BCUT2D eigenvalue weighted by atomic mass is 19.4. The van der Waals surface area contributed by atoms with Gasteiger partial charge in [-0.05, 0) is 48.9 Å². The Morgan fingerprint density at radius 1 is 1.25 bits per heavy atom. The van der Waals surface area contributed by atoms with Crippen molar-refractivity contribution in [2.75, 3.05) is 18.4 Å². The van der Waals surface area contributed by atoms with E-state index in [4.69, 9.17) is 6.42 Å². The summed E-state index contributed by atoms with van der Waals surface area (Å²) in [6.45, 7) is 4.04. The molecule has 188 valence electrons. The van der Waals surface area contributed by atoms with E-state index in [1.165, 1.54) is 30.8 Å². The molecule has 3 aromatic rings. The van der Waals surface area contributed by atoms with Gasteiger partial charge in [-0.25, -0.2) is 9.97 Å². The Labute approximate surface area is 206 Å². The van der Waals surface area contributed by atoms with Crippen molar-refractivity contribution in [3.05, 3.63) is 63.2 Å². The van der Waals surface area contributed by atoms with Crippen LogP contribution in [0.4, 0.5) is 19.0 Å². The number of benzene rings is 1. The number of likely N-dealkylation sites (tertiary alicyclic amines) is 1. The molecule has 1 N–H and O–H groups in total. The molecule has 36 heavy (non-hydrogen) atoms. The van der Waals surface area contributed by atoms with Crippen molar-refractivity contribution in [2.24, 2.45) is 7.05 Å². The van der Waals surface area contributed by atoms with Crippen LogP contribution in [0.15, 0.2) is 35.4 Å². The molecule has 4 rings (SSSR count). The van der Waals surface area contributed by atoms with Gasteiger partial charge in [0.15, 0.2) is 0 Å². The number of hydrogen-bond acceptors (Lipinski definition) is 5. The van der Waals surface area contributed by atoms with Crippen molar-refractivity contribution in [3.8, 4) is 12.3 Å². The highest BCUT2D eigenvalue weighted by Crippen LogP contribution is 2.36. The number of fused-ring (bicyclic) bond motifs is 1. The normalized spacial score (nSPS) is 15.5. The van der Waals surface area contributed by atoms with Crippen LogP contribution in [-0.4, -0.2) is 38.4 Å². The fourth-order valence-corrected chi connectivity index (χ4v) is 4.83. The third-order valence-corrected chi connectivity index (χ3v) is 6.85. The lowest BCUT2D eigenvalue weighted by molar-refractivity contribution is -0.138. The predicted molar refractivity (Wildman–Crippen MR) is 130 cm³/mol. The maximum absolute atomic E-state index is 13.5. The number of rotatable bonds is 4. The van der Waals surface area contributed by atoms with Crippen LogP contribution in [-0.2, 0) is 18.0 Å². The largest absolute Gasteiger partial charge is 0.416 e. The van der Waals surface area contributed by atoms with Crippen molar-refractivity contribution in [1.82, 2.24) is 19.4 Å². The number of carbonyl (C=O) groups excluding carboxylic acids is 1. The second-order valence-corrected chi connectivity index (χ2v) is 8.97. The number of halogens is 3. The standard InChI is InChI=1S/C26H26F3N5O2/c1-5-22(18-7-6-8-21(15(18)2)26(27,28)29)32-23-20-13-19(17-9-11-34(12-10-17)16(3)35)25(36)33(4)24(20)31-14-30-23/h1,6-8,13-14,17,22H,9-12H2,2-4H3,(H,30,31,32). The first-order valence-corrected chi connectivity index (χ1v) is 11.5. The van der Waals surface area contributed by atoms with Crippen LogP contribution in [0.2, 0.25) is 0 Å². The average molecular weight is 498 g/mol. The molecule has 0 bridgehead atoms. The highest BCUT2D eigenvalue weighted by Gasteiger charge is 2.33. The van der Waals surface area contributed by atoms with Crippen molar-refractivity contribution in [2.45, 2.75) is 44.8 Å². The van der Waals surface area contributed by atoms with Gasteiger partial charge in [0, 0.05) is 32.6 Å². The summed E-state index contributed by atoms with van der Waals surface area (Å²) < 4.78 is 41.8. The van der Waals surface area contributed by atoms with Gasteiger partial charge >= 0.3 is 6.18 Å². The molecule has 1 amide bonds. The molecule has 1 unspecified atom stereocenters. The molecular weight excluding hydrogens is 471 g/mol. The van der Waals surface area contributed by atoms with Crippen LogP contribution in [0.25, 0.3) is 11.0 Å². The van der Waals surface area contributed by atoms with Gasteiger partial charge in [-0.1, -0.05) is 18.1 Å². The fraction of sp³-hybridized carbons (Fsp3) is 0.385. The van der Waals surface area contributed by atoms with Crippen LogP contribution in [0.5, 0.6) is 0 Å². The van der Waals surface area contributed by atoms with E-state index in [1.54, 1.807) is 24.1 Å². The summed E-state index contributed by atoms with van der Waals surface area (Å²) in [7, 11) is 1.62. The Bertz CT molecular complexity index is 1420. The Kier molecular flexibility index (Phi) is 6.76. The molecule has 7 nitrogen and oxygen atoms in total. The van der Waals surface area contributed by atoms with Gasteiger partial charge in [0.25, 0.3) is 5.56 Å². The molecule has 10 heteroatoms. The van der Waals surface area contributed by atoms with Gasteiger partial charge in [0.05, 0.1) is 10.9 Å². The number of nitrogens with zero attached hydrogens (tertiary/aromatic N) is 4. The first kappa shape index (κ1) is 25.2. The zero-order valence-corrected chi connectivity index (χ0v) is 20.2. The monoisotopic (exact) mass is 497 g/mol. The number of amides is 1. The third-order valence-electron chi connectivity index (χ3n) is 6.85. The number of terminal acetylenes is 1. The van der Waals surface area contributed by atoms with E-state index in [0.29, 0.717) is 53.9 Å². The van der Waals surface area contributed by atoms with E-state index in [1.807, 2.05) is 0 Å². The zero-order valence-electron chi connectivity index (χ0n) is 20.2. The van der Waals surface area contributed by atoms with Gasteiger partial charge in [0.1, 0.15) is 23.8 Å².